The highest BCUT2D eigenvalue weighted by molar-refractivity contribution is 5.87. The average molecular weight is 243 g/mol. The summed E-state index contributed by atoms with van der Waals surface area (Å²) < 4.78 is 13.5. The highest BCUT2D eigenvalue weighted by atomic mass is 19.1. The molecular weight excluding hydrogens is 231 g/mol. The zero-order valence-corrected chi connectivity index (χ0v) is 10.2. The van der Waals surface area contributed by atoms with Gasteiger partial charge in [-0.3, -0.25) is 0 Å². The van der Waals surface area contributed by atoms with Crippen LogP contribution < -0.4 is 5.11 Å². The van der Waals surface area contributed by atoms with E-state index in [9.17, 15) is 14.3 Å². The first-order valence-corrected chi connectivity index (χ1v) is 5.57. The number of aromatic carboxylic acids is 1. The first-order chi connectivity index (χ1) is 8.49. The van der Waals surface area contributed by atoms with E-state index in [1.54, 1.807) is 26.0 Å². The van der Waals surface area contributed by atoms with Gasteiger partial charge in [-0.2, -0.15) is 0 Å². The van der Waals surface area contributed by atoms with E-state index in [1.807, 2.05) is 6.07 Å². The molecule has 0 atom stereocenters. The Morgan fingerprint density at radius 3 is 2.33 bits per heavy atom. The third kappa shape index (κ3) is 2.25. The van der Waals surface area contributed by atoms with Crippen molar-refractivity contribution in [1.29, 1.82) is 0 Å². The minimum atomic E-state index is -1.21. The third-order valence-electron chi connectivity index (χ3n) is 2.94. The smallest absolute Gasteiger partial charge is 0.126 e. The van der Waals surface area contributed by atoms with Crippen molar-refractivity contribution in [2.75, 3.05) is 0 Å². The van der Waals surface area contributed by atoms with Gasteiger partial charge in [-0.25, -0.2) is 4.39 Å². The van der Waals surface area contributed by atoms with Crippen molar-refractivity contribution >= 4 is 5.97 Å². The predicted octanol–water partition coefficient (Wildman–Crippen LogP) is 2.47. The molecule has 2 aromatic rings. The molecule has 0 unspecified atom stereocenters. The van der Waals surface area contributed by atoms with Gasteiger partial charge >= 0.3 is 0 Å². The summed E-state index contributed by atoms with van der Waals surface area (Å²) in [6, 6.07) is 9.65. The number of hydrogen-bond donors (Lipinski definition) is 0. The first-order valence-electron chi connectivity index (χ1n) is 5.57. The van der Waals surface area contributed by atoms with Crippen molar-refractivity contribution in [3.8, 4) is 11.1 Å². The number of rotatable bonds is 2. The van der Waals surface area contributed by atoms with Crippen LogP contribution >= 0.6 is 0 Å². The molecule has 0 saturated heterocycles. The lowest BCUT2D eigenvalue weighted by Crippen LogP contribution is -2.22. The fourth-order valence-corrected chi connectivity index (χ4v) is 1.87. The van der Waals surface area contributed by atoms with Crippen LogP contribution in [0.3, 0.4) is 0 Å². The van der Waals surface area contributed by atoms with Crippen LogP contribution in [0.15, 0.2) is 36.4 Å². The number of carbonyl (C=O) groups excluding carboxylic acids is 1. The van der Waals surface area contributed by atoms with Gasteiger partial charge in [0.1, 0.15) is 5.82 Å². The molecule has 0 aliphatic carbocycles. The summed E-state index contributed by atoms with van der Waals surface area (Å²) in [6.45, 7) is 3.49. The average Bonchev–Trinajstić information content (AvgIpc) is 2.32. The summed E-state index contributed by atoms with van der Waals surface area (Å²) >= 11 is 0. The predicted molar refractivity (Wildman–Crippen MR) is 65.6 cm³/mol. The second-order valence-electron chi connectivity index (χ2n) is 4.28. The number of carboxylic acids is 1. The molecule has 2 rings (SSSR count). The standard InChI is InChI=1S/C15H13FO2/c1-9-3-4-11(8-14(9)16)13-6-5-12(15(17)18)7-10(13)2/h3-8H,1-2H3,(H,17,18)/p-1. The van der Waals surface area contributed by atoms with Gasteiger partial charge in [-0.1, -0.05) is 24.3 Å². The number of benzene rings is 2. The normalized spacial score (nSPS) is 10.4. The molecule has 0 heterocycles. The Morgan fingerprint density at radius 2 is 1.78 bits per heavy atom. The van der Waals surface area contributed by atoms with Crippen LogP contribution in [0, 0.1) is 19.7 Å². The van der Waals surface area contributed by atoms with E-state index in [4.69, 9.17) is 0 Å². The number of hydrogen-bond acceptors (Lipinski definition) is 2. The summed E-state index contributed by atoms with van der Waals surface area (Å²) in [5.74, 6) is -1.48. The van der Waals surface area contributed by atoms with Crippen LogP contribution in [0.1, 0.15) is 21.5 Å². The van der Waals surface area contributed by atoms with Gasteiger partial charge in [0, 0.05) is 0 Å². The second kappa shape index (κ2) is 4.61. The number of aryl methyl sites for hydroxylation is 2. The van der Waals surface area contributed by atoms with E-state index in [0.717, 1.165) is 16.7 Å². The van der Waals surface area contributed by atoms with Crippen LogP contribution in [0.25, 0.3) is 11.1 Å². The molecule has 18 heavy (non-hydrogen) atoms. The molecule has 0 aliphatic heterocycles. The summed E-state index contributed by atoms with van der Waals surface area (Å²) in [7, 11) is 0. The van der Waals surface area contributed by atoms with Gasteiger partial charge in [-0.05, 0) is 53.8 Å². The minimum Gasteiger partial charge on any atom is -0.545 e. The Hall–Kier alpha value is -2.16. The fraction of sp³-hybridized carbons (Fsp3) is 0.133. The van der Waals surface area contributed by atoms with Gasteiger partial charge in [0.15, 0.2) is 0 Å². The van der Waals surface area contributed by atoms with Crippen molar-refractivity contribution in [2.24, 2.45) is 0 Å². The Labute approximate surface area is 105 Å². The summed E-state index contributed by atoms with van der Waals surface area (Å²) in [4.78, 5) is 10.7. The van der Waals surface area contributed by atoms with E-state index in [1.165, 1.54) is 18.2 Å². The molecule has 0 saturated carbocycles. The largest absolute Gasteiger partial charge is 0.545 e. The van der Waals surface area contributed by atoms with E-state index in [2.05, 4.69) is 0 Å². The van der Waals surface area contributed by atoms with Crippen molar-refractivity contribution in [3.63, 3.8) is 0 Å². The molecule has 0 fully saturated rings. The molecule has 92 valence electrons. The molecule has 0 bridgehead atoms. The topological polar surface area (TPSA) is 40.1 Å². The maximum absolute atomic E-state index is 13.5. The van der Waals surface area contributed by atoms with Crippen LogP contribution in [-0.4, -0.2) is 5.97 Å². The van der Waals surface area contributed by atoms with Crippen molar-refractivity contribution < 1.29 is 14.3 Å². The van der Waals surface area contributed by atoms with Crippen LogP contribution in [0.2, 0.25) is 0 Å². The van der Waals surface area contributed by atoms with Crippen LogP contribution in [0.4, 0.5) is 4.39 Å². The molecule has 2 nitrogen and oxygen atoms in total. The molecular formula is C15H12FO2-. The lowest BCUT2D eigenvalue weighted by molar-refractivity contribution is -0.255. The number of carbonyl (C=O) groups is 1. The molecule has 3 heteroatoms. The third-order valence-corrected chi connectivity index (χ3v) is 2.94. The molecule has 0 aromatic heterocycles. The van der Waals surface area contributed by atoms with Gasteiger partial charge < -0.3 is 9.90 Å². The van der Waals surface area contributed by atoms with Gasteiger partial charge in [0.25, 0.3) is 0 Å². The van der Waals surface area contributed by atoms with Gasteiger partial charge in [0.2, 0.25) is 0 Å². The van der Waals surface area contributed by atoms with E-state index < -0.39 is 5.97 Å². The van der Waals surface area contributed by atoms with Crippen molar-refractivity contribution in [2.45, 2.75) is 13.8 Å². The summed E-state index contributed by atoms with van der Waals surface area (Å²) in [5.41, 5.74) is 3.05. The second-order valence-corrected chi connectivity index (χ2v) is 4.28. The molecule has 0 amide bonds. The Bertz CT molecular complexity index is 618. The molecule has 0 spiro atoms. The quantitative estimate of drug-likeness (QED) is 0.813. The Balaban J connectivity index is 2.51. The van der Waals surface area contributed by atoms with Crippen molar-refractivity contribution in [1.82, 2.24) is 0 Å². The van der Waals surface area contributed by atoms with Crippen LogP contribution in [-0.2, 0) is 0 Å². The van der Waals surface area contributed by atoms with Gasteiger partial charge in [0.05, 0.1) is 5.97 Å². The van der Waals surface area contributed by atoms with Crippen molar-refractivity contribution in [3.05, 3.63) is 58.9 Å². The molecule has 2 aromatic carbocycles. The SMILES string of the molecule is Cc1ccc(-c2ccc(C(=O)[O-])cc2C)cc1F. The monoisotopic (exact) mass is 243 g/mol. The molecule has 0 aliphatic rings. The zero-order valence-electron chi connectivity index (χ0n) is 10.2. The summed E-state index contributed by atoms with van der Waals surface area (Å²) in [6.07, 6.45) is 0. The number of halogens is 1. The lowest BCUT2D eigenvalue weighted by atomic mass is 9.97. The van der Waals surface area contributed by atoms with E-state index in [-0.39, 0.29) is 11.4 Å². The fourth-order valence-electron chi connectivity index (χ4n) is 1.87. The highest BCUT2D eigenvalue weighted by Gasteiger charge is 2.06. The summed E-state index contributed by atoms with van der Waals surface area (Å²) in [5, 5.41) is 10.7. The van der Waals surface area contributed by atoms with Gasteiger partial charge in [-0.15, -0.1) is 0 Å². The Morgan fingerprint density at radius 1 is 1.06 bits per heavy atom. The first kappa shape index (κ1) is 12.3. The molecule has 0 radical (unpaired) electrons. The van der Waals surface area contributed by atoms with E-state index >= 15 is 0 Å². The van der Waals surface area contributed by atoms with E-state index in [0.29, 0.717) is 5.56 Å². The molecule has 0 N–H and O–H groups in total. The zero-order chi connectivity index (χ0) is 13.3. The Kier molecular flexibility index (Phi) is 3.15. The van der Waals surface area contributed by atoms with Crippen LogP contribution in [0.5, 0.6) is 0 Å². The maximum atomic E-state index is 13.5. The maximum Gasteiger partial charge on any atom is 0.126 e. The minimum absolute atomic E-state index is 0.129. The highest BCUT2D eigenvalue weighted by Crippen LogP contribution is 2.25. The number of carboxylic acid groups (broad SMARTS) is 1. The lowest BCUT2D eigenvalue weighted by Gasteiger charge is -2.10.